The number of methoxy groups -OCH3 is 1. The maximum absolute atomic E-state index is 9.31. The van der Waals surface area contributed by atoms with Gasteiger partial charge in [-0.2, -0.15) is 0 Å². The topological polar surface area (TPSA) is 60.2 Å². The fourth-order valence-corrected chi connectivity index (χ4v) is 2.96. The van der Waals surface area contributed by atoms with Crippen molar-refractivity contribution >= 4 is 31.9 Å². The Hall–Kier alpha value is -0.760. The molecule has 0 unspecified atom stereocenters. The molecule has 1 heterocycles. The molecule has 1 aromatic heterocycles. The lowest BCUT2D eigenvalue weighted by molar-refractivity contribution is 0.183. The Morgan fingerprint density at radius 1 is 1.32 bits per heavy atom. The lowest BCUT2D eigenvalue weighted by Crippen LogP contribution is -2.10. The van der Waals surface area contributed by atoms with Crippen LogP contribution in [0.4, 0.5) is 0 Å². The predicted octanol–water partition coefficient (Wildman–Crippen LogP) is 2.61. The molecule has 0 fully saturated rings. The number of ether oxygens (including phenoxy) is 1. The number of halogens is 2. The van der Waals surface area contributed by atoms with E-state index >= 15 is 0 Å². The van der Waals surface area contributed by atoms with E-state index in [2.05, 4.69) is 42.1 Å². The van der Waals surface area contributed by atoms with Crippen molar-refractivity contribution < 1.29 is 9.84 Å². The molecule has 2 rings (SSSR count). The molecule has 0 aliphatic heterocycles. The van der Waals surface area contributed by atoms with Crippen molar-refractivity contribution in [1.29, 1.82) is 0 Å². The number of hydrogen-bond acceptors (Lipinski definition) is 4. The van der Waals surface area contributed by atoms with Crippen LogP contribution in [0.15, 0.2) is 27.1 Å². The Bertz CT molecular complexity index is 572. The smallest absolute Gasteiger partial charge is 0.165 e. The van der Waals surface area contributed by atoms with Crippen molar-refractivity contribution in [3.8, 4) is 11.4 Å². The van der Waals surface area contributed by atoms with Gasteiger partial charge in [-0.05, 0) is 34.1 Å². The Kier molecular flexibility index (Phi) is 5.09. The first-order valence-electron chi connectivity index (χ1n) is 5.64. The minimum absolute atomic E-state index is 0.148. The number of aliphatic hydroxyl groups excluding tert-OH is 1. The van der Waals surface area contributed by atoms with Crippen LogP contribution in [0.3, 0.4) is 0 Å². The normalized spacial score (nSPS) is 10.9. The van der Waals surface area contributed by atoms with Gasteiger partial charge >= 0.3 is 0 Å². The zero-order valence-electron chi connectivity index (χ0n) is 10.3. The summed E-state index contributed by atoms with van der Waals surface area (Å²) in [7, 11) is 1.64. The van der Waals surface area contributed by atoms with Gasteiger partial charge in [0.15, 0.2) is 11.6 Å². The van der Waals surface area contributed by atoms with Crippen molar-refractivity contribution in [3.05, 3.63) is 33.0 Å². The van der Waals surface area contributed by atoms with Crippen LogP contribution in [-0.2, 0) is 17.9 Å². The molecule has 0 aliphatic carbocycles. The Labute approximate surface area is 127 Å². The third kappa shape index (κ3) is 3.22. The van der Waals surface area contributed by atoms with Gasteiger partial charge in [-0.3, -0.25) is 0 Å². The van der Waals surface area contributed by atoms with Crippen LogP contribution < -0.4 is 0 Å². The highest BCUT2D eigenvalue weighted by Crippen LogP contribution is 2.30. The van der Waals surface area contributed by atoms with Crippen molar-refractivity contribution in [2.24, 2.45) is 0 Å². The van der Waals surface area contributed by atoms with E-state index in [0.29, 0.717) is 24.8 Å². The molecule has 0 atom stereocenters. The van der Waals surface area contributed by atoms with Gasteiger partial charge in [0, 0.05) is 28.2 Å². The van der Waals surface area contributed by atoms with E-state index in [4.69, 9.17) is 4.74 Å². The minimum atomic E-state index is -0.148. The van der Waals surface area contributed by atoms with E-state index in [1.165, 1.54) is 0 Å². The molecule has 5 nitrogen and oxygen atoms in total. The summed E-state index contributed by atoms with van der Waals surface area (Å²) in [4.78, 5) is 0. The van der Waals surface area contributed by atoms with Crippen LogP contribution >= 0.6 is 31.9 Å². The molecule has 102 valence electrons. The van der Waals surface area contributed by atoms with E-state index in [1.54, 1.807) is 7.11 Å². The van der Waals surface area contributed by atoms with Gasteiger partial charge < -0.3 is 14.4 Å². The van der Waals surface area contributed by atoms with E-state index in [9.17, 15) is 5.11 Å². The maximum Gasteiger partial charge on any atom is 0.165 e. The number of benzene rings is 1. The first-order valence-corrected chi connectivity index (χ1v) is 7.23. The minimum Gasteiger partial charge on any atom is -0.388 e. The lowest BCUT2D eigenvalue weighted by Gasteiger charge is -2.10. The Morgan fingerprint density at radius 3 is 2.74 bits per heavy atom. The summed E-state index contributed by atoms with van der Waals surface area (Å²) in [5, 5.41) is 17.5. The van der Waals surface area contributed by atoms with Gasteiger partial charge in [0.25, 0.3) is 0 Å². The monoisotopic (exact) mass is 389 g/mol. The molecule has 7 heteroatoms. The summed E-state index contributed by atoms with van der Waals surface area (Å²) in [5.74, 6) is 1.24. The molecule has 0 radical (unpaired) electrons. The highest BCUT2D eigenvalue weighted by atomic mass is 79.9. The van der Waals surface area contributed by atoms with Crippen molar-refractivity contribution in [2.75, 3.05) is 13.7 Å². The summed E-state index contributed by atoms with van der Waals surface area (Å²) >= 11 is 6.93. The Balaban J connectivity index is 2.46. The number of aliphatic hydroxyl groups is 1. The van der Waals surface area contributed by atoms with Crippen LogP contribution in [0.2, 0.25) is 0 Å². The van der Waals surface area contributed by atoms with Crippen LogP contribution in [-0.4, -0.2) is 33.6 Å². The van der Waals surface area contributed by atoms with Crippen LogP contribution in [0, 0.1) is 0 Å². The molecule has 1 N–H and O–H groups in total. The highest BCUT2D eigenvalue weighted by molar-refractivity contribution is 9.11. The van der Waals surface area contributed by atoms with Gasteiger partial charge in [0.05, 0.1) is 6.61 Å². The first-order chi connectivity index (χ1) is 9.17. The third-order valence-electron chi connectivity index (χ3n) is 2.66. The van der Waals surface area contributed by atoms with Gasteiger partial charge in [0.1, 0.15) is 6.61 Å². The number of rotatable bonds is 5. The zero-order chi connectivity index (χ0) is 13.8. The van der Waals surface area contributed by atoms with E-state index in [0.717, 1.165) is 14.5 Å². The SMILES string of the molecule is COCCn1c(CO)nnc1-c1ccc(Br)cc1Br. The molecule has 0 saturated heterocycles. The molecule has 0 amide bonds. The standard InChI is InChI=1S/C12H13Br2N3O2/c1-19-5-4-17-11(7-18)15-16-12(17)9-3-2-8(13)6-10(9)14/h2-3,6,18H,4-5,7H2,1H3. The zero-order valence-corrected chi connectivity index (χ0v) is 13.5. The molecular formula is C12H13Br2N3O2. The van der Waals surface area contributed by atoms with E-state index in [-0.39, 0.29) is 6.61 Å². The molecule has 0 aliphatic rings. The van der Waals surface area contributed by atoms with Gasteiger partial charge in [-0.25, -0.2) is 0 Å². The second-order valence-corrected chi connectivity index (χ2v) is 5.64. The molecular weight excluding hydrogens is 378 g/mol. The first kappa shape index (κ1) is 14.6. The Morgan fingerprint density at radius 2 is 2.11 bits per heavy atom. The number of aromatic nitrogens is 3. The van der Waals surface area contributed by atoms with Gasteiger partial charge in [0.2, 0.25) is 0 Å². The van der Waals surface area contributed by atoms with Crippen LogP contribution in [0.25, 0.3) is 11.4 Å². The molecule has 0 spiro atoms. The van der Waals surface area contributed by atoms with Gasteiger partial charge in [-0.1, -0.05) is 15.9 Å². The summed E-state index contributed by atoms with van der Waals surface area (Å²) in [5.41, 5.74) is 0.923. The average molecular weight is 391 g/mol. The van der Waals surface area contributed by atoms with Crippen LogP contribution in [0.5, 0.6) is 0 Å². The lowest BCUT2D eigenvalue weighted by atomic mass is 10.2. The summed E-state index contributed by atoms with van der Waals surface area (Å²) in [6.45, 7) is 0.980. The molecule has 0 saturated carbocycles. The van der Waals surface area contributed by atoms with Crippen molar-refractivity contribution in [3.63, 3.8) is 0 Å². The quantitative estimate of drug-likeness (QED) is 0.852. The summed E-state index contributed by atoms with van der Waals surface area (Å²) in [6, 6.07) is 5.83. The largest absolute Gasteiger partial charge is 0.388 e. The maximum atomic E-state index is 9.31. The molecule has 19 heavy (non-hydrogen) atoms. The van der Waals surface area contributed by atoms with Crippen LogP contribution in [0.1, 0.15) is 5.82 Å². The predicted molar refractivity (Wildman–Crippen MR) is 78.7 cm³/mol. The molecule has 2 aromatic rings. The highest BCUT2D eigenvalue weighted by Gasteiger charge is 2.15. The third-order valence-corrected chi connectivity index (χ3v) is 3.81. The molecule has 1 aromatic carbocycles. The second-order valence-electron chi connectivity index (χ2n) is 3.87. The number of hydrogen-bond donors (Lipinski definition) is 1. The summed E-state index contributed by atoms with van der Waals surface area (Å²) in [6.07, 6.45) is 0. The fourth-order valence-electron chi connectivity index (χ4n) is 1.74. The summed E-state index contributed by atoms with van der Waals surface area (Å²) < 4.78 is 8.83. The van der Waals surface area contributed by atoms with Crippen molar-refractivity contribution in [1.82, 2.24) is 14.8 Å². The van der Waals surface area contributed by atoms with Gasteiger partial charge in [-0.15, -0.1) is 10.2 Å². The van der Waals surface area contributed by atoms with E-state index < -0.39 is 0 Å². The number of nitrogens with zero attached hydrogens (tertiary/aromatic N) is 3. The van der Waals surface area contributed by atoms with E-state index in [1.807, 2.05) is 22.8 Å². The van der Waals surface area contributed by atoms with Crippen molar-refractivity contribution in [2.45, 2.75) is 13.2 Å². The second kappa shape index (κ2) is 6.60. The molecule has 0 bridgehead atoms. The fraction of sp³-hybridized carbons (Fsp3) is 0.333. The average Bonchev–Trinajstić information content (AvgIpc) is 2.79.